The molecule has 0 spiro atoms. The van der Waals surface area contributed by atoms with E-state index in [1.807, 2.05) is 19.0 Å². The molecule has 4 nitrogen and oxygen atoms in total. The van der Waals surface area contributed by atoms with Crippen LogP contribution in [0.5, 0.6) is 0 Å². The lowest BCUT2D eigenvalue weighted by Gasteiger charge is -2.15. The summed E-state index contributed by atoms with van der Waals surface area (Å²) in [5.74, 6) is 0. The fraction of sp³-hybridized carbons (Fsp3) is 0.143. The summed E-state index contributed by atoms with van der Waals surface area (Å²) in [5, 5.41) is 0.482. The first-order valence-corrected chi connectivity index (χ1v) is 8.70. The second kappa shape index (κ2) is 6.25. The number of anilines is 2. The third kappa shape index (κ3) is 3.90. The number of benzene rings is 2. The molecule has 0 unspecified atom stereocenters. The van der Waals surface area contributed by atoms with Gasteiger partial charge in [-0.2, -0.15) is 0 Å². The minimum absolute atomic E-state index is 0.193. The molecule has 0 saturated heterocycles. The van der Waals surface area contributed by atoms with Crippen molar-refractivity contribution in [2.45, 2.75) is 4.90 Å². The standard InChI is InChI=1S/C14H14BrClN2O2S/c1-18(2)14-8-5-11(9-13(14)16)17-21(19,20)12-6-3-10(15)4-7-12/h3-9,17H,1-2H3. The molecule has 1 N–H and O–H groups in total. The lowest BCUT2D eigenvalue weighted by Crippen LogP contribution is -2.13. The van der Waals surface area contributed by atoms with Crippen LogP contribution >= 0.6 is 27.5 Å². The van der Waals surface area contributed by atoms with Crippen LogP contribution < -0.4 is 9.62 Å². The summed E-state index contributed by atoms with van der Waals surface area (Å²) in [5.41, 5.74) is 1.25. The highest BCUT2D eigenvalue weighted by Crippen LogP contribution is 2.28. The fourth-order valence-corrected chi connectivity index (χ4v) is 3.42. The molecule has 0 heterocycles. The summed E-state index contributed by atoms with van der Waals surface area (Å²) < 4.78 is 27.9. The van der Waals surface area contributed by atoms with Crippen LogP contribution in [0.25, 0.3) is 0 Å². The maximum absolute atomic E-state index is 12.3. The fourth-order valence-electron chi connectivity index (χ4n) is 1.76. The van der Waals surface area contributed by atoms with E-state index >= 15 is 0 Å². The van der Waals surface area contributed by atoms with Crippen molar-refractivity contribution in [3.05, 3.63) is 52.0 Å². The van der Waals surface area contributed by atoms with Gasteiger partial charge in [-0.05, 0) is 42.5 Å². The molecule has 2 aromatic rings. The quantitative estimate of drug-likeness (QED) is 0.861. The Morgan fingerprint density at radius 2 is 1.71 bits per heavy atom. The monoisotopic (exact) mass is 388 g/mol. The van der Waals surface area contributed by atoms with Crippen LogP contribution in [0.4, 0.5) is 11.4 Å². The molecule has 2 rings (SSSR count). The molecule has 21 heavy (non-hydrogen) atoms. The number of sulfonamides is 1. The highest BCUT2D eigenvalue weighted by molar-refractivity contribution is 9.10. The Morgan fingerprint density at radius 3 is 2.24 bits per heavy atom. The second-order valence-electron chi connectivity index (χ2n) is 4.62. The van der Waals surface area contributed by atoms with Gasteiger partial charge in [0.1, 0.15) is 0 Å². The van der Waals surface area contributed by atoms with Crippen LogP contribution in [0.3, 0.4) is 0 Å². The zero-order valence-corrected chi connectivity index (χ0v) is 14.6. The molecule has 7 heteroatoms. The normalized spacial score (nSPS) is 11.2. The smallest absolute Gasteiger partial charge is 0.261 e. The number of nitrogens with zero attached hydrogens (tertiary/aromatic N) is 1. The van der Waals surface area contributed by atoms with E-state index in [1.165, 1.54) is 12.1 Å². The van der Waals surface area contributed by atoms with Gasteiger partial charge in [-0.1, -0.05) is 27.5 Å². The summed E-state index contributed by atoms with van der Waals surface area (Å²) in [6.07, 6.45) is 0. The van der Waals surface area contributed by atoms with Gasteiger partial charge in [-0.25, -0.2) is 8.42 Å². The van der Waals surface area contributed by atoms with Crippen molar-refractivity contribution in [1.82, 2.24) is 0 Å². The van der Waals surface area contributed by atoms with Gasteiger partial charge < -0.3 is 4.90 Å². The predicted octanol–water partition coefficient (Wildman–Crippen LogP) is 3.97. The molecule has 0 amide bonds. The SMILES string of the molecule is CN(C)c1ccc(NS(=O)(=O)c2ccc(Br)cc2)cc1Cl. The van der Waals surface area contributed by atoms with Crippen LogP contribution in [0.1, 0.15) is 0 Å². The number of hydrogen-bond acceptors (Lipinski definition) is 3. The maximum atomic E-state index is 12.3. The van der Waals surface area contributed by atoms with Crippen molar-refractivity contribution in [3.63, 3.8) is 0 Å². The number of hydrogen-bond donors (Lipinski definition) is 1. The van der Waals surface area contributed by atoms with Gasteiger partial charge in [-0.15, -0.1) is 0 Å². The Hall–Kier alpha value is -1.24. The number of nitrogens with one attached hydrogen (secondary N) is 1. The number of rotatable bonds is 4. The molecule has 112 valence electrons. The second-order valence-corrected chi connectivity index (χ2v) is 7.63. The van der Waals surface area contributed by atoms with E-state index in [0.717, 1.165) is 10.2 Å². The lowest BCUT2D eigenvalue weighted by atomic mass is 10.3. The van der Waals surface area contributed by atoms with Gasteiger partial charge in [0.2, 0.25) is 0 Å². The molecule has 2 aromatic carbocycles. The summed E-state index contributed by atoms with van der Waals surface area (Å²) in [6, 6.07) is 11.4. The molecule has 0 radical (unpaired) electrons. The Morgan fingerprint density at radius 1 is 1.10 bits per heavy atom. The van der Waals surface area contributed by atoms with Gasteiger partial charge in [0.25, 0.3) is 10.0 Å². The van der Waals surface area contributed by atoms with Crippen molar-refractivity contribution in [1.29, 1.82) is 0 Å². The van der Waals surface area contributed by atoms with E-state index in [2.05, 4.69) is 20.7 Å². The van der Waals surface area contributed by atoms with Gasteiger partial charge in [0, 0.05) is 18.6 Å². The molecule has 0 aliphatic heterocycles. The summed E-state index contributed by atoms with van der Waals surface area (Å²) in [6.45, 7) is 0. The highest BCUT2D eigenvalue weighted by Gasteiger charge is 2.14. The Kier molecular flexibility index (Phi) is 4.81. The molecule has 0 aliphatic carbocycles. The van der Waals surface area contributed by atoms with Crippen molar-refractivity contribution in [3.8, 4) is 0 Å². The first-order valence-electron chi connectivity index (χ1n) is 6.05. The van der Waals surface area contributed by atoms with E-state index < -0.39 is 10.0 Å². The summed E-state index contributed by atoms with van der Waals surface area (Å²) >= 11 is 9.41. The maximum Gasteiger partial charge on any atom is 0.261 e. The van der Waals surface area contributed by atoms with Crippen molar-refractivity contribution in [2.75, 3.05) is 23.7 Å². The van der Waals surface area contributed by atoms with Crippen LogP contribution in [0.2, 0.25) is 5.02 Å². The third-order valence-electron chi connectivity index (χ3n) is 2.81. The average molecular weight is 390 g/mol. The Labute approximate surface area is 137 Å². The molecular weight excluding hydrogens is 376 g/mol. The number of halogens is 2. The first kappa shape index (κ1) is 16.1. The summed E-state index contributed by atoms with van der Waals surface area (Å²) in [7, 11) is 0.113. The van der Waals surface area contributed by atoms with Crippen LogP contribution in [-0.4, -0.2) is 22.5 Å². The lowest BCUT2D eigenvalue weighted by molar-refractivity contribution is 0.601. The highest BCUT2D eigenvalue weighted by atomic mass is 79.9. The topological polar surface area (TPSA) is 49.4 Å². The van der Waals surface area contributed by atoms with E-state index in [1.54, 1.807) is 30.3 Å². The molecule has 0 atom stereocenters. The largest absolute Gasteiger partial charge is 0.376 e. The molecule has 0 aromatic heterocycles. The van der Waals surface area contributed by atoms with Gasteiger partial charge >= 0.3 is 0 Å². The zero-order valence-electron chi connectivity index (χ0n) is 11.5. The van der Waals surface area contributed by atoms with E-state index in [4.69, 9.17) is 11.6 Å². The van der Waals surface area contributed by atoms with Crippen molar-refractivity contribution in [2.24, 2.45) is 0 Å². The first-order chi connectivity index (χ1) is 9.79. The van der Waals surface area contributed by atoms with Gasteiger partial charge in [0.15, 0.2) is 0 Å². The van der Waals surface area contributed by atoms with E-state index in [-0.39, 0.29) is 4.90 Å². The Bertz CT molecular complexity index is 746. The predicted molar refractivity (Wildman–Crippen MR) is 90.7 cm³/mol. The van der Waals surface area contributed by atoms with Crippen LogP contribution in [0.15, 0.2) is 51.8 Å². The summed E-state index contributed by atoms with van der Waals surface area (Å²) in [4.78, 5) is 2.05. The minimum Gasteiger partial charge on any atom is -0.376 e. The zero-order chi connectivity index (χ0) is 15.6. The minimum atomic E-state index is -3.62. The third-order valence-corrected chi connectivity index (χ3v) is 5.03. The average Bonchev–Trinajstić information content (AvgIpc) is 2.38. The van der Waals surface area contributed by atoms with Gasteiger partial charge in [-0.3, -0.25) is 4.72 Å². The molecule has 0 saturated carbocycles. The molecule has 0 fully saturated rings. The van der Waals surface area contributed by atoms with Crippen LogP contribution in [-0.2, 0) is 10.0 Å². The molecule has 0 bridgehead atoms. The van der Waals surface area contributed by atoms with Crippen LogP contribution in [0, 0.1) is 0 Å². The van der Waals surface area contributed by atoms with E-state index in [0.29, 0.717) is 10.7 Å². The Balaban J connectivity index is 2.29. The molecular formula is C14H14BrClN2O2S. The van der Waals surface area contributed by atoms with Gasteiger partial charge in [0.05, 0.1) is 21.3 Å². The van der Waals surface area contributed by atoms with Crippen molar-refractivity contribution >= 4 is 48.9 Å². The van der Waals surface area contributed by atoms with E-state index in [9.17, 15) is 8.42 Å². The molecule has 0 aliphatic rings. The van der Waals surface area contributed by atoms with Crippen molar-refractivity contribution < 1.29 is 8.42 Å².